The number of rotatable bonds is 3. The molecule has 82 valence electrons. The first-order chi connectivity index (χ1) is 7.31. The summed E-state index contributed by atoms with van der Waals surface area (Å²) in [6.07, 6.45) is 6.10. The lowest BCUT2D eigenvalue weighted by Gasteiger charge is -2.12. The highest BCUT2D eigenvalue weighted by Crippen LogP contribution is 2.19. The standard InChI is InChI=1S/C11H16N2OS/c1-2-5-10-12-8-9(15-10)11(14)13-6-3-4-7-13/h8H,2-7H2,1H3. The summed E-state index contributed by atoms with van der Waals surface area (Å²) in [5.41, 5.74) is 0. The van der Waals surface area contributed by atoms with Crippen molar-refractivity contribution in [2.24, 2.45) is 0 Å². The number of aryl methyl sites for hydroxylation is 1. The molecule has 2 rings (SSSR count). The fraction of sp³-hybridized carbons (Fsp3) is 0.636. The normalized spacial score (nSPS) is 15.9. The van der Waals surface area contributed by atoms with Crippen molar-refractivity contribution in [3.05, 3.63) is 16.1 Å². The molecule has 0 atom stereocenters. The van der Waals surface area contributed by atoms with Gasteiger partial charge in [0.15, 0.2) is 0 Å². The van der Waals surface area contributed by atoms with Crippen molar-refractivity contribution >= 4 is 17.2 Å². The molecule has 1 amide bonds. The van der Waals surface area contributed by atoms with Gasteiger partial charge in [-0.05, 0) is 25.7 Å². The Morgan fingerprint density at radius 2 is 2.27 bits per heavy atom. The van der Waals surface area contributed by atoms with E-state index >= 15 is 0 Å². The highest BCUT2D eigenvalue weighted by atomic mass is 32.1. The highest BCUT2D eigenvalue weighted by molar-refractivity contribution is 7.13. The average Bonchev–Trinajstić information content (AvgIpc) is 2.87. The number of hydrogen-bond donors (Lipinski definition) is 0. The van der Waals surface area contributed by atoms with Gasteiger partial charge in [-0.15, -0.1) is 11.3 Å². The number of thiazole rings is 1. The molecule has 1 fully saturated rings. The zero-order valence-corrected chi connectivity index (χ0v) is 9.85. The first-order valence-corrected chi connectivity index (χ1v) is 6.37. The van der Waals surface area contributed by atoms with Crippen LogP contribution in [-0.4, -0.2) is 28.9 Å². The lowest BCUT2D eigenvalue weighted by Crippen LogP contribution is -2.26. The van der Waals surface area contributed by atoms with Gasteiger partial charge in [-0.1, -0.05) is 6.92 Å². The quantitative estimate of drug-likeness (QED) is 0.789. The van der Waals surface area contributed by atoms with Crippen LogP contribution in [0.4, 0.5) is 0 Å². The minimum Gasteiger partial charge on any atom is -0.338 e. The number of nitrogens with zero attached hydrogens (tertiary/aromatic N) is 2. The summed E-state index contributed by atoms with van der Waals surface area (Å²) >= 11 is 1.55. The largest absolute Gasteiger partial charge is 0.338 e. The second kappa shape index (κ2) is 4.75. The van der Waals surface area contributed by atoms with Gasteiger partial charge in [-0.25, -0.2) is 4.98 Å². The number of hydrogen-bond acceptors (Lipinski definition) is 3. The lowest BCUT2D eigenvalue weighted by molar-refractivity contribution is 0.0797. The second-order valence-corrected chi connectivity index (χ2v) is 4.98. The number of amides is 1. The van der Waals surface area contributed by atoms with Crippen LogP contribution in [0.3, 0.4) is 0 Å². The molecular weight excluding hydrogens is 208 g/mol. The molecule has 1 aliphatic heterocycles. The number of carbonyl (C=O) groups excluding carboxylic acids is 1. The lowest BCUT2D eigenvalue weighted by atomic mass is 10.4. The Morgan fingerprint density at radius 3 is 2.93 bits per heavy atom. The molecule has 15 heavy (non-hydrogen) atoms. The predicted octanol–water partition coefficient (Wildman–Crippen LogP) is 2.33. The molecule has 0 aromatic carbocycles. The molecule has 1 aromatic heterocycles. The van der Waals surface area contributed by atoms with Crippen molar-refractivity contribution in [1.82, 2.24) is 9.88 Å². The van der Waals surface area contributed by atoms with E-state index in [1.807, 2.05) is 4.90 Å². The maximum Gasteiger partial charge on any atom is 0.265 e. The third kappa shape index (κ3) is 2.37. The van der Waals surface area contributed by atoms with Crippen molar-refractivity contribution in [1.29, 1.82) is 0 Å². The van der Waals surface area contributed by atoms with E-state index in [1.165, 1.54) is 0 Å². The van der Waals surface area contributed by atoms with Gasteiger partial charge in [0, 0.05) is 13.1 Å². The van der Waals surface area contributed by atoms with E-state index in [4.69, 9.17) is 0 Å². The SMILES string of the molecule is CCCc1ncc(C(=O)N2CCCC2)s1. The molecule has 1 saturated heterocycles. The van der Waals surface area contributed by atoms with Crippen molar-refractivity contribution in [3.63, 3.8) is 0 Å². The molecule has 2 heterocycles. The van der Waals surface area contributed by atoms with Crippen molar-refractivity contribution in [2.75, 3.05) is 13.1 Å². The molecule has 0 radical (unpaired) electrons. The number of carbonyl (C=O) groups is 1. The van der Waals surface area contributed by atoms with Crippen molar-refractivity contribution in [2.45, 2.75) is 32.6 Å². The van der Waals surface area contributed by atoms with Gasteiger partial charge in [0.25, 0.3) is 5.91 Å². The van der Waals surface area contributed by atoms with Gasteiger partial charge in [0.05, 0.1) is 11.2 Å². The van der Waals surface area contributed by atoms with Gasteiger partial charge in [-0.2, -0.15) is 0 Å². The smallest absolute Gasteiger partial charge is 0.265 e. The van der Waals surface area contributed by atoms with E-state index < -0.39 is 0 Å². The zero-order chi connectivity index (χ0) is 10.7. The Balaban J connectivity index is 2.04. The number of likely N-dealkylation sites (tertiary alicyclic amines) is 1. The first-order valence-electron chi connectivity index (χ1n) is 5.55. The summed E-state index contributed by atoms with van der Waals surface area (Å²) < 4.78 is 0. The van der Waals surface area contributed by atoms with Gasteiger partial charge in [0.2, 0.25) is 0 Å². The van der Waals surface area contributed by atoms with E-state index in [1.54, 1.807) is 17.5 Å². The monoisotopic (exact) mass is 224 g/mol. The van der Waals surface area contributed by atoms with Crippen LogP contribution < -0.4 is 0 Å². The molecule has 3 nitrogen and oxygen atoms in total. The molecule has 1 aliphatic rings. The van der Waals surface area contributed by atoms with E-state index in [0.29, 0.717) is 0 Å². The first kappa shape index (κ1) is 10.6. The maximum atomic E-state index is 12.0. The molecular formula is C11H16N2OS. The molecule has 0 saturated carbocycles. The summed E-state index contributed by atoms with van der Waals surface area (Å²) in [5, 5.41) is 1.08. The Bertz CT molecular complexity index is 342. The van der Waals surface area contributed by atoms with Crippen LogP contribution in [0, 0.1) is 0 Å². The van der Waals surface area contributed by atoms with Crippen LogP contribution in [0.1, 0.15) is 40.9 Å². The highest BCUT2D eigenvalue weighted by Gasteiger charge is 2.21. The summed E-state index contributed by atoms with van der Waals surface area (Å²) in [4.78, 5) is 19.0. The molecule has 1 aromatic rings. The molecule has 4 heteroatoms. The third-order valence-corrected chi connectivity index (χ3v) is 3.67. The maximum absolute atomic E-state index is 12.0. The zero-order valence-electron chi connectivity index (χ0n) is 9.03. The fourth-order valence-electron chi connectivity index (χ4n) is 1.81. The molecule has 0 spiro atoms. The Kier molecular flexibility index (Phi) is 3.36. The summed E-state index contributed by atoms with van der Waals surface area (Å²) in [5.74, 6) is 0.173. The van der Waals surface area contributed by atoms with Crippen molar-refractivity contribution in [3.8, 4) is 0 Å². The van der Waals surface area contributed by atoms with E-state index in [9.17, 15) is 4.79 Å². The minimum absolute atomic E-state index is 0.173. The minimum atomic E-state index is 0.173. The van der Waals surface area contributed by atoms with Crippen molar-refractivity contribution < 1.29 is 4.79 Å². The van der Waals surface area contributed by atoms with Crippen LogP contribution in [-0.2, 0) is 6.42 Å². The van der Waals surface area contributed by atoms with Crippen LogP contribution in [0.25, 0.3) is 0 Å². The molecule has 0 bridgehead atoms. The van der Waals surface area contributed by atoms with Crippen LogP contribution in [0.5, 0.6) is 0 Å². The second-order valence-electron chi connectivity index (χ2n) is 3.87. The topological polar surface area (TPSA) is 33.2 Å². The van der Waals surface area contributed by atoms with Gasteiger partial charge >= 0.3 is 0 Å². The Labute approximate surface area is 94.1 Å². The molecule has 0 N–H and O–H groups in total. The number of aromatic nitrogens is 1. The third-order valence-electron chi connectivity index (χ3n) is 2.62. The van der Waals surface area contributed by atoms with Crippen LogP contribution in [0.15, 0.2) is 6.20 Å². The Hall–Kier alpha value is -0.900. The average molecular weight is 224 g/mol. The molecule has 0 unspecified atom stereocenters. The molecule has 0 aliphatic carbocycles. The van der Waals surface area contributed by atoms with Crippen LogP contribution in [0.2, 0.25) is 0 Å². The van der Waals surface area contributed by atoms with Gasteiger partial charge in [-0.3, -0.25) is 4.79 Å². The summed E-state index contributed by atoms with van der Waals surface area (Å²) in [6.45, 7) is 3.96. The Morgan fingerprint density at radius 1 is 1.53 bits per heavy atom. The summed E-state index contributed by atoms with van der Waals surface area (Å²) in [7, 11) is 0. The van der Waals surface area contributed by atoms with E-state index in [-0.39, 0.29) is 5.91 Å². The fourth-order valence-corrected chi connectivity index (χ4v) is 2.80. The van der Waals surface area contributed by atoms with E-state index in [2.05, 4.69) is 11.9 Å². The summed E-state index contributed by atoms with van der Waals surface area (Å²) in [6, 6.07) is 0. The predicted molar refractivity (Wildman–Crippen MR) is 61.2 cm³/mol. The van der Waals surface area contributed by atoms with Gasteiger partial charge < -0.3 is 4.90 Å². The van der Waals surface area contributed by atoms with Gasteiger partial charge in [0.1, 0.15) is 4.88 Å². The van der Waals surface area contributed by atoms with E-state index in [0.717, 1.165) is 48.7 Å². The van der Waals surface area contributed by atoms with Crippen LogP contribution >= 0.6 is 11.3 Å².